The van der Waals surface area contributed by atoms with Gasteiger partial charge in [-0.15, -0.1) is 0 Å². The third-order valence-electron chi connectivity index (χ3n) is 2.05. The van der Waals surface area contributed by atoms with Crippen LogP contribution in [0.2, 0.25) is 0 Å². The number of nitrogens with one attached hydrogen (secondary N) is 1. The van der Waals surface area contributed by atoms with Gasteiger partial charge in [-0.05, 0) is 18.9 Å². The van der Waals surface area contributed by atoms with Gasteiger partial charge in [0.2, 0.25) is 0 Å². The highest BCUT2D eigenvalue weighted by Gasteiger charge is 2.20. The van der Waals surface area contributed by atoms with Crippen LogP contribution >= 0.6 is 0 Å². The Morgan fingerprint density at radius 3 is 3.23 bits per heavy atom. The maximum Gasteiger partial charge on any atom is 0.262 e. The molecule has 0 radical (unpaired) electrons. The van der Waals surface area contributed by atoms with Crippen molar-refractivity contribution >= 4 is 5.91 Å². The van der Waals surface area contributed by atoms with Gasteiger partial charge in [0.1, 0.15) is 5.76 Å². The van der Waals surface area contributed by atoms with Crippen molar-refractivity contribution in [1.82, 2.24) is 5.32 Å². The van der Waals surface area contributed by atoms with Crippen molar-refractivity contribution in [3.05, 3.63) is 35.3 Å². The second-order valence-corrected chi connectivity index (χ2v) is 3.10. The first kappa shape index (κ1) is 8.10. The molecule has 1 aliphatic heterocycles. The fraction of sp³-hybridized carbons (Fsp3) is 0.300. The molecule has 3 nitrogen and oxygen atoms in total. The first-order chi connectivity index (χ1) is 6.27. The zero-order chi connectivity index (χ0) is 9.26. The summed E-state index contributed by atoms with van der Waals surface area (Å²) in [6, 6.07) is 0. The molecule has 13 heavy (non-hydrogen) atoms. The quantitative estimate of drug-likeness (QED) is 0.604. The topological polar surface area (TPSA) is 38.3 Å². The van der Waals surface area contributed by atoms with Gasteiger partial charge in [-0.25, -0.2) is 0 Å². The van der Waals surface area contributed by atoms with Crippen molar-refractivity contribution in [3.8, 4) is 0 Å². The number of fused-ring (bicyclic) bond motifs is 1. The van der Waals surface area contributed by atoms with Crippen LogP contribution in [0.1, 0.15) is 13.3 Å². The SMILES string of the molecule is CC1=C2OCC(=O)NC2=CCC=C1. The summed E-state index contributed by atoms with van der Waals surface area (Å²) in [6.07, 6.45) is 6.85. The van der Waals surface area contributed by atoms with Gasteiger partial charge in [0.25, 0.3) is 5.91 Å². The largest absolute Gasteiger partial charge is 0.481 e. The summed E-state index contributed by atoms with van der Waals surface area (Å²) >= 11 is 0. The molecule has 1 amide bonds. The Morgan fingerprint density at radius 2 is 2.38 bits per heavy atom. The molecule has 0 unspecified atom stereocenters. The normalized spacial score (nSPS) is 21.3. The molecule has 0 spiro atoms. The van der Waals surface area contributed by atoms with Crippen LogP contribution in [0.25, 0.3) is 0 Å². The molecule has 0 aromatic carbocycles. The molecule has 0 bridgehead atoms. The molecule has 3 heteroatoms. The minimum absolute atomic E-state index is 0.0790. The number of rotatable bonds is 0. The molecule has 2 rings (SSSR count). The Bertz CT molecular complexity index is 337. The molecule has 1 fully saturated rings. The van der Waals surface area contributed by atoms with Gasteiger partial charge >= 0.3 is 0 Å². The number of hydrogen-bond donors (Lipinski definition) is 1. The van der Waals surface area contributed by atoms with Crippen LogP contribution in [-0.2, 0) is 9.53 Å². The van der Waals surface area contributed by atoms with Crippen LogP contribution in [0.4, 0.5) is 0 Å². The molecule has 0 aromatic heterocycles. The molecule has 1 N–H and O–H groups in total. The predicted octanol–water partition coefficient (Wildman–Crippen LogP) is 1.25. The van der Waals surface area contributed by atoms with Crippen molar-refractivity contribution in [3.63, 3.8) is 0 Å². The minimum atomic E-state index is -0.0790. The molecular weight excluding hydrogens is 166 g/mol. The van der Waals surface area contributed by atoms with E-state index in [1.165, 1.54) is 0 Å². The number of amides is 1. The zero-order valence-corrected chi connectivity index (χ0v) is 7.46. The number of carbonyl (C=O) groups excluding carboxylic acids is 1. The first-order valence-corrected chi connectivity index (χ1v) is 4.28. The van der Waals surface area contributed by atoms with Gasteiger partial charge in [0.05, 0.1) is 5.70 Å². The molecule has 0 saturated carbocycles. The molecule has 2 aliphatic rings. The van der Waals surface area contributed by atoms with Crippen molar-refractivity contribution in [1.29, 1.82) is 0 Å². The van der Waals surface area contributed by atoms with Gasteiger partial charge in [0.15, 0.2) is 6.61 Å². The lowest BCUT2D eigenvalue weighted by atomic mass is 10.2. The summed E-state index contributed by atoms with van der Waals surface area (Å²) in [6.45, 7) is 2.10. The smallest absolute Gasteiger partial charge is 0.262 e. The van der Waals surface area contributed by atoms with Gasteiger partial charge in [0, 0.05) is 0 Å². The van der Waals surface area contributed by atoms with E-state index in [0.717, 1.165) is 23.5 Å². The molecule has 1 aliphatic carbocycles. The lowest BCUT2D eigenvalue weighted by Crippen LogP contribution is -2.34. The number of allylic oxidation sites excluding steroid dienone is 4. The van der Waals surface area contributed by atoms with E-state index in [0.29, 0.717) is 0 Å². The van der Waals surface area contributed by atoms with Crippen molar-refractivity contribution in [2.75, 3.05) is 6.61 Å². The lowest BCUT2D eigenvalue weighted by molar-refractivity contribution is -0.125. The maximum atomic E-state index is 11.0. The highest BCUT2D eigenvalue weighted by molar-refractivity contribution is 5.81. The van der Waals surface area contributed by atoms with E-state index in [1.54, 1.807) is 0 Å². The van der Waals surface area contributed by atoms with Gasteiger partial charge in [-0.3, -0.25) is 4.79 Å². The van der Waals surface area contributed by atoms with Crippen LogP contribution in [-0.4, -0.2) is 12.5 Å². The zero-order valence-electron chi connectivity index (χ0n) is 7.46. The summed E-state index contributed by atoms with van der Waals surface area (Å²) in [7, 11) is 0. The maximum absolute atomic E-state index is 11.0. The van der Waals surface area contributed by atoms with E-state index in [2.05, 4.69) is 5.32 Å². The Kier molecular flexibility index (Phi) is 1.93. The Hall–Kier alpha value is -1.51. The highest BCUT2D eigenvalue weighted by atomic mass is 16.5. The molecule has 1 saturated heterocycles. The number of morpholine rings is 1. The van der Waals surface area contributed by atoms with E-state index in [9.17, 15) is 4.79 Å². The summed E-state index contributed by atoms with van der Waals surface area (Å²) in [5.41, 5.74) is 1.86. The minimum Gasteiger partial charge on any atom is -0.481 e. The average Bonchev–Trinajstić information content (AvgIpc) is 2.28. The fourth-order valence-electron chi connectivity index (χ4n) is 1.43. The highest BCUT2D eigenvalue weighted by Crippen LogP contribution is 2.21. The van der Waals surface area contributed by atoms with E-state index in [1.807, 2.05) is 25.2 Å². The fourth-order valence-corrected chi connectivity index (χ4v) is 1.43. The third-order valence-corrected chi connectivity index (χ3v) is 2.05. The van der Waals surface area contributed by atoms with Gasteiger partial charge in [-0.2, -0.15) is 0 Å². The van der Waals surface area contributed by atoms with Crippen LogP contribution in [0.5, 0.6) is 0 Å². The van der Waals surface area contributed by atoms with Crippen LogP contribution < -0.4 is 5.32 Å². The third kappa shape index (κ3) is 1.49. The second-order valence-electron chi connectivity index (χ2n) is 3.10. The van der Waals surface area contributed by atoms with E-state index >= 15 is 0 Å². The molecule has 68 valence electrons. The predicted molar refractivity (Wildman–Crippen MR) is 48.6 cm³/mol. The van der Waals surface area contributed by atoms with Gasteiger partial charge < -0.3 is 10.1 Å². The van der Waals surface area contributed by atoms with E-state index < -0.39 is 0 Å². The molecular formula is C10H11NO2. The Balaban J connectivity index is 2.37. The summed E-state index contributed by atoms with van der Waals surface area (Å²) in [4.78, 5) is 11.0. The van der Waals surface area contributed by atoms with Crippen molar-refractivity contribution < 1.29 is 9.53 Å². The lowest BCUT2D eigenvalue weighted by Gasteiger charge is -2.20. The first-order valence-electron chi connectivity index (χ1n) is 4.28. The summed E-state index contributed by atoms with van der Waals surface area (Å²) in [5.74, 6) is 0.720. The van der Waals surface area contributed by atoms with Crippen molar-refractivity contribution in [2.24, 2.45) is 0 Å². The van der Waals surface area contributed by atoms with Gasteiger partial charge in [-0.1, -0.05) is 18.2 Å². The number of carbonyl (C=O) groups is 1. The summed E-state index contributed by atoms with van der Waals surface area (Å²) < 4.78 is 5.33. The second kappa shape index (κ2) is 3.09. The van der Waals surface area contributed by atoms with Crippen molar-refractivity contribution in [2.45, 2.75) is 13.3 Å². The van der Waals surface area contributed by atoms with E-state index in [-0.39, 0.29) is 12.5 Å². The molecule has 0 aromatic rings. The van der Waals surface area contributed by atoms with Crippen LogP contribution in [0.15, 0.2) is 35.3 Å². The monoisotopic (exact) mass is 177 g/mol. The Labute approximate surface area is 76.8 Å². The molecule has 0 atom stereocenters. The molecule has 1 heterocycles. The standard InChI is InChI=1S/C10H11NO2/c1-7-4-2-3-5-8-10(7)13-6-9(12)11-8/h2,4-5H,3,6H2,1H3,(H,11,12). The van der Waals surface area contributed by atoms with Crippen LogP contribution in [0, 0.1) is 0 Å². The number of hydrogen-bond acceptors (Lipinski definition) is 2. The van der Waals surface area contributed by atoms with E-state index in [4.69, 9.17) is 4.74 Å². The van der Waals surface area contributed by atoms with Crippen LogP contribution in [0.3, 0.4) is 0 Å². The number of ether oxygens (including phenoxy) is 1. The summed E-state index contributed by atoms with van der Waals surface area (Å²) in [5, 5.41) is 2.79. The average molecular weight is 177 g/mol. The Morgan fingerprint density at radius 1 is 1.54 bits per heavy atom.